The third-order valence-corrected chi connectivity index (χ3v) is 3.79. The highest BCUT2D eigenvalue weighted by Gasteiger charge is 2.30. The highest BCUT2D eigenvalue weighted by atomic mass is 16.5. The minimum atomic E-state index is -0.114. The van der Waals surface area contributed by atoms with Crippen LogP contribution >= 0.6 is 0 Å². The second-order valence-corrected chi connectivity index (χ2v) is 5.34. The first-order valence-corrected chi connectivity index (χ1v) is 6.80. The number of ether oxygens (including phenoxy) is 1. The Morgan fingerprint density at radius 1 is 1.24 bits per heavy atom. The van der Waals surface area contributed by atoms with Crippen LogP contribution in [0, 0.1) is 0 Å². The van der Waals surface area contributed by atoms with Gasteiger partial charge in [0.2, 0.25) is 5.91 Å². The molecule has 2 N–H and O–H groups in total. The first-order chi connectivity index (χ1) is 8.20. The lowest BCUT2D eigenvalue weighted by Crippen LogP contribution is -2.52. The van der Waals surface area contributed by atoms with Crippen LogP contribution in [0.15, 0.2) is 0 Å². The summed E-state index contributed by atoms with van der Waals surface area (Å²) >= 11 is 0. The van der Waals surface area contributed by atoms with Crippen molar-refractivity contribution in [1.29, 1.82) is 0 Å². The second kappa shape index (κ2) is 5.83. The SMILES string of the molecule is COC1CCCCC1NC(C)C(=O)NC1CC1. The number of carbonyl (C=O) groups is 1. The fourth-order valence-corrected chi connectivity index (χ4v) is 2.52. The zero-order valence-corrected chi connectivity index (χ0v) is 10.9. The van der Waals surface area contributed by atoms with E-state index in [4.69, 9.17) is 4.74 Å². The monoisotopic (exact) mass is 240 g/mol. The Bertz CT molecular complexity index is 266. The van der Waals surface area contributed by atoms with Crippen molar-refractivity contribution < 1.29 is 9.53 Å². The second-order valence-electron chi connectivity index (χ2n) is 5.34. The van der Waals surface area contributed by atoms with Crippen LogP contribution < -0.4 is 10.6 Å². The number of carbonyl (C=O) groups excluding carboxylic acids is 1. The van der Waals surface area contributed by atoms with E-state index >= 15 is 0 Å². The number of amides is 1. The molecule has 0 aromatic carbocycles. The molecule has 0 radical (unpaired) electrons. The summed E-state index contributed by atoms with van der Waals surface area (Å²) in [4.78, 5) is 11.8. The highest BCUT2D eigenvalue weighted by molar-refractivity contribution is 5.81. The van der Waals surface area contributed by atoms with E-state index in [2.05, 4.69) is 10.6 Å². The molecule has 4 nitrogen and oxygen atoms in total. The summed E-state index contributed by atoms with van der Waals surface area (Å²) in [6.45, 7) is 1.94. The summed E-state index contributed by atoms with van der Waals surface area (Å²) in [6, 6.07) is 0.654. The summed E-state index contributed by atoms with van der Waals surface area (Å²) in [5.74, 6) is 0.132. The molecule has 2 saturated carbocycles. The van der Waals surface area contributed by atoms with Gasteiger partial charge in [0.1, 0.15) is 0 Å². The Kier molecular flexibility index (Phi) is 4.40. The van der Waals surface area contributed by atoms with Crippen molar-refractivity contribution in [2.75, 3.05) is 7.11 Å². The third-order valence-electron chi connectivity index (χ3n) is 3.79. The van der Waals surface area contributed by atoms with Crippen LogP contribution in [0.5, 0.6) is 0 Å². The van der Waals surface area contributed by atoms with Gasteiger partial charge in [0.05, 0.1) is 12.1 Å². The molecule has 0 aromatic heterocycles. The fourth-order valence-electron chi connectivity index (χ4n) is 2.52. The van der Waals surface area contributed by atoms with Gasteiger partial charge in [0.25, 0.3) is 0 Å². The van der Waals surface area contributed by atoms with Gasteiger partial charge in [-0.05, 0) is 32.6 Å². The van der Waals surface area contributed by atoms with Crippen LogP contribution in [0.25, 0.3) is 0 Å². The minimum Gasteiger partial charge on any atom is -0.380 e. The summed E-state index contributed by atoms with van der Waals surface area (Å²) in [7, 11) is 1.76. The summed E-state index contributed by atoms with van der Waals surface area (Å²) in [6.07, 6.45) is 7.23. The molecule has 2 rings (SSSR count). The summed E-state index contributed by atoms with van der Waals surface area (Å²) in [5, 5.41) is 6.45. The third kappa shape index (κ3) is 3.68. The van der Waals surface area contributed by atoms with Gasteiger partial charge in [-0.3, -0.25) is 4.79 Å². The highest BCUT2D eigenvalue weighted by Crippen LogP contribution is 2.22. The van der Waals surface area contributed by atoms with E-state index in [0.717, 1.165) is 25.7 Å². The predicted octanol–water partition coefficient (Wildman–Crippen LogP) is 1.20. The molecule has 17 heavy (non-hydrogen) atoms. The number of hydrogen-bond donors (Lipinski definition) is 2. The molecular weight excluding hydrogens is 216 g/mol. The first-order valence-electron chi connectivity index (χ1n) is 6.80. The molecule has 4 heteroatoms. The Morgan fingerprint density at radius 2 is 1.94 bits per heavy atom. The van der Waals surface area contributed by atoms with E-state index in [0.29, 0.717) is 12.1 Å². The van der Waals surface area contributed by atoms with E-state index in [-0.39, 0.29) is 18.1 Å². The van der Waals surface area contributed by atoms with Gasteiger partial charge in [0.15, 0.2) is 0 Å². The van der Waals surface area contributed by atoms with E-state index in [1.165, 1.54) is 12.8 Å². The van der Waals surface area contributed by atoms with Crippen molar-refractivity contribution in [3.63, 3.8) is 0 Å². The molecule has 0 saturated heterocycles. The van der Waals surface area contributed by atoms with Crippen LogP contribution in [0.1, 0.15) is 45.4 Å². The molecule has 2 aliphatic carbocycles. The van der Waals surface area contributed by atoms with Crippen molar-refractivity contribution in [2.24, 2.45) is 0 Å². The van der Waals surface area contributed by atoms with E-state index in [1.807, 2.05) is 6.92 Å². The van der Waals surface area contributed by atoms with E-state index < -0.39 is 0 Å². The smallest absolute Gasteiger partial charge is 0.237 e. The first kappa shape index (κ1) is 12.8. The quantitative estimate of drug-likeness (QED) is 0.759. The molecule has 0 spiro atoms. The van der Waals surface area contributed by atoms with Crippen LogP contribution in [0.2, 0.25) is 0 Å². The number of nitrogens with one attached hydrogen (secondary N) is 2. The molecule has 3 unspecified atom stereocenters. The molecule has 0 aliphatic heterocycles. The zero-order chi connectivity index (χ0) is 12.3. The topological polar surface area (TPSA) is 50.4 Å². The maximum atomic E-state index is 11.8. The van der Waals surface area contributed by atoms with E-state index in [9.17, 15) is 4.79 Å². The standard InChI is InChI=1S/C13H24N2O2/c1-9(13(16)15-10-7-8-10)14-11-5-3-4-6-12(11)17-2/h9-12,14H,3-8H2,1-2H3,(H,15,16). The van der Waals surface area contributed by atoms with Gasteiger partial charge in [0, 0.05) is 19.2 Å². The average molecular weight is 240 g/mol. The average Bonchev–Trinajstić information content (AvgIpc) is 3.13. The largest absolute Gasteiger partial charge is 0.380 e. The molecule has 2 fully saturated rings. The summed E-state index contributed by atoms with van der Waals surface area (Å²) < 4.78 is 5.48. The molecule has 3 atom stereocenters. The van der Waals surface area contributed by atoms with Crippen molar-refractivity contribution in [3.05, 3.63) is 0 Å². The van der Waals surface area contributed by atoms with Gasteiger partial charge in [-0.2, -0.15) is 0 Å². The Hall–Kier alpha value is -0.610. The zero-order valence-electron chi connectivity index (χ0n) is 10.9. The van der Waals surface area contributed by atoms with E-state index in [1.54, 1.807) is 7.11 Å². The van der Waals surface area contributed by atoms with Gasteiger partial charge in [-0.15, -0.1) is 0 Å². The maximum Gasteiger partial charge on any atom is 0.237 e. The van der Waals surface area contributed by atoms with Crippen molar-refractivity contribution >= 4 is 5.91 Å². The molecule has 98 valence electrons. The summed E-state index contributed by atoms with van der Waals surface area (Å²) in [5.41, 5.74) is 0. The Balaban J connectivity index is 1.78. The molecule has 1 amide bonds. The van der Waals surface area contributed by atoms with Crippen LogP contribution in [-0.4, -0.2) is 37.2 Å². The van der Waals surface area contributed by atoms with Gasteiger partial charge < -0.3 is 15.4 Å². The minimum absolute atomic E-state index is 0.114. The number of rotatable bonds is 5. The van der Waals surface area contributed by atoms with Crippen LogP contribution in [0.3, 0.4) is 0 Å². The normalized spacial score (nSPS) is 30.9. The van der Waals surface area contributed by atoms with Gasteiger partial charge in [-0.1, -0.05) is 12.8 Å². The van der Waals surface area contributed by atoms with Crippen molar-refractivity contribution in [2.45, 2.75) is 69.7 Å². The molecule has 2 aliphatic rings. The van der Waals surface area contributed by atoms with Crippen LogP contribution in [-0.2, 0) is 9.53 Å². The predicted molar refractivity (Wildman–Crippen MR) is 66.8 cm³/mol. The molecular formula is C13H24N2O2. The lowest BCUT2D eigenvalue weighted by atomic mass is 9.92. The fraction of sp³-hybridized carbons (Fsp3) is 0.923. The molecule has 0 aromatic rings. The lowest BCUT2D eigenvalue weighted by Gasteiger charge is -2.33. The van der Waals surface area contributed by atoms with Crippen molar-refractivity contribution in [3.8, 4) is 0 Å². The molecule has 0 heterocycles. The maximum absolute atomic E-state index is 11.8. The van der Waals surface area contributed by atoms with Gasteiger partial charge in [-0.25, -0.2) is 0 Å². The molecule has 0 bridgehead atoms. The Morgan fingerprint density at radius 3 is 2.59 bits per heavy atom. The lowest BCUT2D eigenvalue weighted by molar-refractivity contribution is -0.123. The number of methoxy groups -OCH3 is 1. The van der Waals surface area contributed by atoms with Gasteiger partial charge >= 0.3 is 0 Å². The van der Waals surface area contributed by atoms with Crippen LogP contribution in [0.4, 0.5) is 0 Å². The number of hydrogen-bond acceptors (Lipinski definition) is 3. The Labute approximate surface area is 103 Å². The van der Waals surface area contributed by atoms with Crippen molar-refractivity contribution in [1.82, 2.24) is 10.6 Å².